The summed E-state index contributed by atoms with van der Waals surface area (Å²) in [4.78, 5) is 38.3. The van der Waals surface area contributed by atoms with Crippen LogP contribution in [0.15, 0.2) is 36.5 Å². The molecule has 0 aliphatic carbocycles. The van der Waals surface area contributed by atoms with Crippen LogP contribution in [0.5, 0.6) is 0 Å². The van der Waals surface area contributed by atoms with Gasteiger partial charge in [-0.2, -0.15) is 0 Å². The van der Waals surface area contributed by atoms with Crippen LogP contribution in [0.4, 0.5) is 4.79 Å². The molecule has 2 heterocycles. The average molecular weight is 414 g/mol. The lowest BCUT2D eigenvalue weighted by Gasteiger charge is -2.22. The van der Waals surface area contributed by atoms with E-state index in [1.807, 2.05) is 44.2 Å². The first kappa shape index (κ1) is 21.4. The minimum Gasteiger partial charge on any atom is -0.394 e. The molecule has 0 radical (unpaired) electrons. The van der Waals surface area contributed by atoms with Crippen LogP contribution in [0.1, 0.15) is 43.6 Å². The molecule has 0 saturated carbocycles. The second-order valence-electron chi connectivity index (χ2n) is 7.45. The third-order valence-electron chi connectivity index (χ3n) is 5.45. The third-order valence-corrected chi connectivity index (χ3v) is 5.45. The number of imide groups is 1. The number of amides is 4. The number of aliphatic hydroxyl groups is 1. The van der Waals surface area contributed by atoms with Gasteiger partial charge >= 0.3 is 6.03 Å². The third kappa shape index (κ3) is 4.18. The van der Waals surface area contributed by atoms with Gasteiger partial charge in [-0.1, -0.05) is 55.8 Å². The predicted octanol–water partition coefficient (Wildman–Crippen LogP) is 0.547. The molecule has 1 aromatic carbocycles. The number of carbonyl (C=O) groups is 3. The Hall–Kier alpha value is -3.27. The van der Waals surface area contributed by atoms with Crippen LogP contribution in [0.25, 0.3) is 0 Å². The molecule has 1 aliphatic heterocycles. The van der Waals surface area contributed by atoms with Crippen molar-refractivity contribution in [3.63, 3.8) is 0 Å². The van der Waals surface area contributed by atoms with Gasteiger partial charge in [-0.05, 0) is 11.5 Å². The summed E-state index contributed by atoms with van der Waals surface area (Å²) in [5.41, 5.74) is 6.62. The Morgan fingerprint density at radius 2 is 2.00 bits per heavy atom. The van der Waals surface area contributed by atoms with Crippen LogP contribution in [-0.4, -0.2) is 55.5 Å². The molecule has 160 valence electrons. The number of hydrogen-bond donors (Lipinski definition) is 3. The highest BCUT2D eigenvalue weighted by molar-refractivity contribution is 6.04. The van der Waals surface area contributed by atoms with Crippen molar-refractivity contribution in [1.82, 2.24) is 25.2 Å². The van der Waals surface area contributed by atoms with E-state index < -0.39 is 42.6 Å². The number of urea groups is 1. The summed E-state index contributed by atoms with van der Waals surface area (Å²) in [5, 5.41) is 20.6. The van der Waals surface area contributed by atoms with Gasteiger partial charge in [-0.25, -0.2) is 9.48 Å². The van der Waals surface area contributed by atoms with E-state index in [1.54, 1.807) is 0 Å². The lowest BCUT2D eigenvalue weighted by Crippen LogP contribution is -2.37. The van der Waals surface area contributed by atoms with Crippen molar-refractivity contribution in [2.45, 2.75) is 44.8 Å². The number of aliphatic hydroxyl groups excluding tert-OH is 1. The smallest absolute Gasteiger partial charge is 0.325 e. The number of nitrogens with zero attached hydrogens (tertiary/aromatic N) is 4. The Kier molecular flexibility index (Phi) is 6.46. The lowest BCUT2D eigenvalue weighted by atomic mass is 9.99. The molecule has 0 unspecified atom stereocenters. The SMILES string of the molecule is CC[C@H](C)[C@@H](C(N)=O)n1cc([C@@H](CO)N2C(=O)N[C@@H](Cc3ccccc3)C2=O)nn1. The fourth-order valence-corrected chi connectivity index (χ4v) is 3.61. The van der Waals surface area contributed by atoms with Crippen LogP contribution in [0, 0.1) is 5.92 Å². The summed E-state index contributed by atoms with van der Waals surface area (Å²) in [5.74, 6) is -1.10. The van der Waals surface area contributed by atoms with Gasteiger partial charge in [0.2, 0.25) is 5.91 Å². The van der Waals surface area contributed by atoms with Gasteiger partial charge in [0, 0.05) is 6.42 Å². The quantitative estimate of drug-likeness (QED) is 0.511. The molecule has 1 aliphatic rings. The van der Waals surface area contributed by atoms with Crippen molar-refractivity contribution in [3.8, 4) is 0 Å². The van der Waals surface area contributed by atoms with Gasteiger partial charge in [0.25, 0.3) is 5.91 Å². The first-order valence-electron chi connectivity index (χ1n) is 9.86. The summed E-state index contributed by atoms with van der Waals surface area (Å²) < 4.78 is 1.33. The highest BCUT2D eigenvalue weighted by Gasteiger charge is 2.43. The number of nitrogens with one attached hydrogen (secondary N) is 1. The summed E-state index contributed by atoms with van der Waals surface area (Å²) in [6.07, 6.45) is 2.48. The molecule has 10 heteroatoms. The van der Waals surface area contributed by atoms with Crippen molar-refractivity contribution in [2.75, 3.05) is 6.61 Å². The molecule has 1 saturated heterocycles. The summed E-state index contributed by atoms with van der Waals surface area (Å²) in [6.45, 7) is 3.27. The normalized spacial score (nSPS) is 19.4. The van der Waals surface area contributed by atoms with Crippen LogP contribution in [0.3, 0.4) is 0 Å². The van der Waals surface area contributed by atoms with Crippen molar-refractivity contribution in [3.05, 3.63) is 47.8 Å². The number of aromatic nitrogens is 3. The Labute approximate surface area is 174 Å². The Balaban J connectivity index is 1.82. The minimum absolute atomic E-state index is 0.0865. The first-order chi connectivity index (χ1) is 14.4. The van der Waals surface area contributed by atoms with E-state index in [-0.39, 0.29) is 11.6 Å². The van der Waals surface area contributed by atoms with Crippen molar-refractivity contribution >= 4 is 17.8 Å². The molecule has 4 amide bonds. The van der Waals surface area contributed by atoms with E-state index in [0.717, 1.165) is 10.5 Å². The van der Waals surface area contributed by atoms with E-state index in [9.17, 15) is 19.5 Å². The molecule has 2 aromatic rings. The molecule has 4 atom stereocenters. The fourth-order valence-electron chi connectivity index (χ4n) is 3.61. The highest BCUT2D eigenvalue weighted by atomic mass is 16.3. The van der Waals surface area contributed by atoms with Gasteiger partial charge in [0.05, 0.1) is 12.8 Å². The second kappa shape index (κ2) is 9.04. The van der Waals surface area contributed by atoms with Crippen molar-refractivity contribution in [2.24, 2.45) is 11.7 Å². The molecular formula is C20H26N6O4. The van der Waals surface area contributed by atoms with E-state index in [2.05, 4.69) is 15.6 Å². The molecule has 10 nitrogen and oxygen atoms in total. The maximum Gasteiger partial charge on any atom is 0.325 e. The van der Waals surface area contributed by atoms with E-state index >= 15 is 0 Å². The molecule has 30 heavy (non-hydrogen) atoms. The number of rotatable bonds is 9. The molecule has 0 spiro atoms. The van der Waals surface area contributed by atoms with Crippen LogP contribution in [-0.2, 0) is 16.0 Å². The second-order valence-corrected chi connectivity index (χ2v) is 7.45. The first-order valence-corrected chi connectivity index (χ1v) is 9.86. The molecule has 0 bridgehead atoms. The number of benzene rings is 1. The maximum absolute atomic E-state index is 12.9. The van der Waals surface area contributed by atoms with Crippen LogP contribution >= 0.6 is 0 Å². The standard InChI is InChI=1S/C20H26N6O4/c1-3-12(2)17(18(21)28)25-10-15(23-24-25)16(11-27)26-19(29)14(22-20(26)30)9-13-7-5-4-6-8-13/h4-8,10,12,14,16-17,27H,3,9,11H2,1-2H3,(H2,21,28)(H,22,30)/t12-,14-,16+,17-/m0/s1. The fraction of sp³-hybridized carbons (Fsp3) is 0.450. The zero-order chi connectivity index (χ0) is 21.8. The Bertz CT molecular complexity index is 915. The molecule has 1 aromatic heterocycles. The van der Waals surface area contributed by atoms with Crippen LogP contribution < -0.4 is 11.1 Å². The van der Waals surface area contributed by atoms with E-state index in [4.69, 9.17) is 5.73 Å². The molecular weight excluding hydrogens is 388 g/mol. The Morgan fingerprint density at radius 3 is 2.60 bits per heavy atom. The molecule has 1 fully saturated rings. The summed E-state index contributed by atoms with van der Waals surface area (Å²) in [6, 6.07) is 6.25. The van der Waals surface area contributed by atoms with E-state index in [0.29, 0.717) is 12.8 Å². The maximum atomic E-state index is 12.9. The lowest BCUT2D eigenvalue weighted by molar-refractivity contribution is -0.130. The number of carbonyl (C=O) groups excluding carboxylic acids is 3. The zero-order valence-corrected chi connectivity index (χ0v) is 16.9. The molecule has 3 rings (SSSR count). The number of primary amides is 1. The van der Waals surface area contributed by atoms with E-state index in [1.165, 1.54) is 10.9 Å². The summed E-state index contributed by atoms with van der Waals surface area (Å²) in [7, 11) is 0. The predicted molar refractivity (Wildman–Crippen MR) is 107 cm³/mol. The zero-order valence-electron chi connectivity index (χ0n) is 16.9. The topological polar surface area (TPSA) is 143 Å². The number of hydrogen-bond acceptors (Lipinski definition) is 6. The Morgan fingerprint density at radius 1 is 1.30 bits per heavy atom. The highest BCUT2D eigenvalue weighted by Crippen LogP contribution is 2.26. The summed E-state index contributed by atoms with van der Waals surface area (Å²) >= 11 is 0. The monoisotopic (exact) mass is 414 g/mol. The van der Waals surface area contributed by atoms with Crippen molar-refractivity contribution in [1.29, 1.82) is 0 Å². The van der Waals surface area contributed by atoms with Gasteiger partial charge in [-0.3, -0.25) is 14.5 Å². The average Bonchev–Trinajstić information content (AvgIpc) is 3.30. The van der Waals surface area contributed by atoms with Gasteiger partial charge < -0.3 is 16.2 Å². The number of nitrogens with two attached hydrogens (primary N) is 1. The van der Waals surface area contributed by atoms with Gasteiger partial charge in [0.15, 0.2) is 0 Å². The molecule has 4 N–H and O–H groups in total. The van der Waals surface area contributed by atoms with Gasteiger partial charge in [-0.15, -0.1) is 5.10 Å². The van der Waals surface area contributed by atoms with Crippen molar-refractivity contribution < 1.29 is 19.5 Å². The largest absolute Gasteiger partial charge is 0.394 e. The van der Waals surface area contributed by atoms with Gasteiger partial charge in [0.1, 0.15) is 23.8 Å². The van der Waals surface area contributed by atoms with Crippen LogP contribution in [0.2, 0.25) is 0 Å². The minimum atomic E-state index is -1.02.